The van der Waals surface area contributed by atoms with Crippen LogP contribution in [0.15, 0.2) is 6.07 Å². The van der Waals surface area contributed by atoms with Crippen molar-refractivity contribution < 1.29 is 0 Å². The molecule has 1 saturated heterocycles. The third-order valence-electron chi connectivity index (χ3n) is 2.82. The van der Waals surface area contributed by atoms with E-state index < -0.39 is 0 Å². The maximum absolute atomic E-state index is 4.53. The highest BCUT2D eigenvalue weighted by atomic mass is 32.2. The minimum absolute atomic E-state index is 0.760. The minimum Gasteiger partial charge on any atom is -0.340 e. The van der Waals surface area contributed by atoms with E-state index in [4.69, 9.17) is 0 Å². The van der Waals surface area contributed by atoms with Crippen molar-refractivity contribution in [1.82, 2.24) is 9.97 Å². The summed E-state index contributed by atoms with van der Waals surface area (Å²) >= 11 is 2.05. The molecule has 4 heteroatoms. The first-order valence-corrected chi connectivity index (χ1v) is 6.89. The van der Waals surface area contributed by atoms with Gasteiger partial charge in [0.15, 0.2) is 0 Å². The molecule has 1 fully saturated rings. The molecule has 88 valence electrons. The Balaban J connectivity index is 2.16. The van der Waals surface area contributed by atoms with E-state index in [1.165, 1.54) is 12.2 Å². The van der Waals surface area contributed by atoms with Crippen LogP contribution in [0.3, 0.4) is 0 Å². The molecule has 1 aromatic rings. The highest BCUT2D eigenvalue weighted by Gasteiger charge is 2.16. The second-order valence-corrected chi connectivity index (χ2v) is 5.95. The summed E-state index contributed by atoms with van der Waals surface area (Å²) in [4.78, 5) is 11.4. The van der Waals surface area contributed by atoms with Crippen molar-refractivity contribution in [2.75, 3.05) is 23.7 Å². The smallest absolute Gasteiger partial charge is 0.225 e. The molecule has 3 nitrogen and oxygen atoms in total. The fraction of sp³-hybridized carbons (Fsp3) is 0.667. The van der Waals surface area contributed by atoms with Gasteiger partial charge in [-0.25, -0.2) is 9.97 Å². The summed E-state index contributed by atoms with van der Waals surface area (Å²) in [7, 11) is 0. The van der Waals surface area contributed by atoms with Crippen molar-refractivity contribution in [2.24, 2.45) is 0 Å². The molecule has 0 bridgehead atoms. The maximum Gasteiger partial charge on any atom is 0.225 e. The second kappa shape index (κ2) is 5.04. The van der Waals surface area contributed by atoms with Crippen LogP contribution in [-0.2, 0) is 0 Å². The third-order valence-corrected chi connectivity index (χ3v) is 4.05. The van der Waals surface area contributed by atoms with Gasteiger partial charge < -0.3 is 4.90 Å². The average Bonchev–Trinajstić information content (AvgIpc) is 2.41. The van der Waals surface area contributed by atoms with Gasteiger partial charge in [-0.3, -0.25) is 0 Å². The van der Waals surface area contributed by atoms with E-state index >= 15 is 0 Å². The van der Waals surface area contributed by atoms with Crippen molar-refractivity contribution >= 4 is 17.7 Å². The first-order chi connectivity index (χ1) is 7.65. The Morgan fingerprint density at radius 3 is 2.62 bits per heavy atom. The Morgan fingerprint density at radius 2 is 1.94 bits per heavy atom. The summed E-state index contributed by atoms with van der Waals surface area (Å²) < 4.78 is 0. The third kappa shape index (κ3) is 2.88. The first kappa shape index (κ1) is 11.7. The molecular formula is C12H19N3S. The Morgan fingerprint density at radius 1 is 1.25 bits per heavy atom. The summed E-state index contributed by atoms with van der Waals surface area (Å²) in [5.41, 5.74) is 2.12. The van der Waals surface area contributed by atoms with E-state index in [0.717, 1.165) is 35.7 Å². The molecule has 0 aromatic carbocycles. The molecule has 0 spiro atoms. The van der Waals surface area contributed by atoms with Crippen LogP contribution in [0.1, 0.15) is 24.7 Å². The van der Waals surface area contributed by atoms with Gasteiger partial charge in [0.25, 0.3) is 0 Å². The van der Waals surface area contributed by atoms with Crippen molar-refractivity contribution in [2.45, 2.75) is 32.4 Å². The van der Waals surface area contributed by atoms with Crippen LogP contribution < -0.4 is 4.90 Å². The van der Waals surface area contributed by atoms with Crippen molar-refractivity contribution in [3.63, 3.8) is 0 Å². The van der Waals surface area contributed by atoms with Crippen LogP contribution in [0.4, 0.5) is 5.95 Å². The second-order valence-electron chi connectivity index (χ2n) is 4.41. The van der Waals surface area contributed by atoms with Gasteiger partial charge in [-0.15, -0.1) is 0 Å². The number of hydrogen-bond acceptors (Lipinski definition) is 4. The molecule has 2 rings (SSSR count). The zero-order chi connectivity index (χ0) is 11.5. The quantitative estimate of drug-likeness (QED) is 0.750. The maximum atomic E-state index is 4.53. The largest absolute Gasteiger partial charge is 0.340 e. The van der Waals surface area contributed by atoms with Crippen LogP contribution in [0.25, 0.3) is 0 Å². The molecule has 2 heterocycles. The van der Waals surface area contributed by atoms with Gasteiger partial charge in [-0.2, -0.15) is 11.8 Å². The van der Waals surface area contributed by atoms with Gasteiger partial charge in [-0.1, -0.05) is 6.92 Å². The Hall–Kier alpha value is -0.770. The van der Waals surface area contributed by atoms with Gasteiger partial charge in [0.05, 0.1) is 0 Å². The number of hydrogen-bond donors (Lipinski definition) is 0. The fourth-order valence-electron chi connectivity index (χ4n) is 1.95. The van der Waals surface area contributed by atoms with Crippen LogP contribution in [-0.4, -0.2) is 34.1 Å². The van der Waals surface area contributed by atoms with E-state index in [9.17, 15) is 0 Å². The highest BCUT2D eigenvalue weighted by molar-refractivity contribution is 7.99. The Kier molecular flexibility index (Phi) is 3.69. The molecule has 1 aliphatic rings. The Bertz CT molecular complexity index is 347. The predicted molar refractivity (Wildman–Crippen MR) is 70.3 cm³/mol. The van der Waals surface area contributed by atoms with Crippen LogP contribution in [0.2, 0.25) is 0 Å². The van der Waals surface area contributed by atoms with Crippen molar-refractivity contribution in [3.8, 4) is 0 Å². The number of rotatable bonds is 1. The average molecular weight is 237 g/mol. The molecule has 0 radical (unpaired) electrons. The SMILES string of the molecule is Cc1cc(C)nc(N2CCS[C@@H](C)CC2)n1. The van der Waals surface area contributed by atoms with E-state index in [1.54, 1.807) is 0 Å². The Labute approximate surface area is 102 Å². The van der Waals surface area contributed by atoms with E-state index in [1.807, 2.05) is 31.7 Å². The standard InChI is InChI=1S/C12H19N3S/c1-9-8-10(2)14-12(13-9)15-5-4-11(3)16-7-6-15/h8,11H,4-7H2,1-3H3/t11-/m0/s1. The molecule has 0 unspecified atom stereocenters. The van der Waals surface area contributed by atoms with Gasteiger partial charge in [0, 0.05) is 35.5 Å². The topological polar surface area (TPSA) is 29.0 Å². The number of nitrogens with zero attached hydrogens (tertiary/aromatic N) is 3. The number of anilines is 1. The molecule has 0 aliphatic carbocycles. The zero-order valence-corrected chi connectivity index (χ0v) is 11.0. The predicted octanol–water partition coefficient (Wildman–Crippen LogP) is 2.43. The molecule has 0 N–H and O–H groups in total. The normalized spacial score (nSPS) is 21.9. The lowest BCUT2D eigenvalue weighted by molar-refractivity contribution is 0.738. The molecular weight excluding hydrogens is 218 g/mol. The summed E-state index contributed by atoms with van der Waals surface area (Å²) in [5, 5.41) is 0.760. The highest BCUT2D eigenvalue weighted by Crippen LogP contribution is 2.21. The first-order valence-electron chi connectivity index (χ1n) is 5.84. The monoisotopic (exact) mass is 237 g/mol. The fourth-order valence-corrected chi connectivity index (χ4v) is 2.95. The summed E-state index contributed by atoms with van der Waals surface area (Å²) in [6.45, 7) is 8.52. The number of aryl methyl sites for hydroxylation is 2. The molecule has 1 aliphatic heterocycles. The molecule has 0 saturated carbocycles. The molecule has 1 atom stereocenters. The zero-order valence-electron chi connectivity index (χ0n) is 10.2. The lowest BCUT2D eigenvalue weighted by Crippen LogP contribution is -2.28. The van der Waals surface area contributed by atoms with Crippen LogP contribution in [0, 0.1) is 13.8 Å². The van der Waals surface area contributed by atoms with Gasteiger partial charge in [-0.05, 0) is 26.3 Å². The molecule has 1 aromatic heterocycles. The van der Waals surface area contributed by atoms with E-state index in [-0.39, 0.29) is 0 Å². The summed E-state index contributed by atoms with van der Waals surface area (Å²) in [6.07, 6.45) is 1.22. The molecule has 0 amide bonds. The number of aromatic nitrogens is 2. The van der Waals surface area contributed by atoms with Gasteiger partial charge >= 0.3 is 0 Å². The number of thioether (sulfide) groups is 1. The van der Waals surface area contributed by atoms with Crippen molar-refractivity contribution in [3.05, 3.63) is 17.5 Å². The summed E-state index contributed by atoms with van der Waals surface area (Å²) in [6, 6.07) is 2.03. The van der Waals surface area contributed by atoms with Crippen LogP contribution in [0.5, 0.6) is 0 Å². The van der Waals surface area contributed by atoms with Gasteiger partial charge in [0.2, 0.25) is 5.95 Å². The van der Waals surface area contributed by atoms with E-state index in [0.29, 0.717) is 0 Å². The lowest BCUT2D eigenvalue weighted by atomic mass is 10.3. The molecule has 16 heavy (non-hydrogen) atoms. The minimum atomic E-state index is 0.760. The summed E-state index contributed by atoms with van der Waals surface area (Å²) in [5.74, 6) is 2.09. The lowest BCUT2D eigenvalue weighted by Gasteiger charge is -2.20. The van der Waals surface area contributed by atoms with E-state index in [2.05, 4.69) is 21.8 Å². The van der Waals surface area contributed by atoms with Crippen LogP contribution >= 0.6 is 11.8 Å². The van der Waals surface area contributed by atoms with Crippen molar-refractivity contribution in [1.29, 1.82) is 0 Å². The van der Waals surface area contributed by atoms with Gasteiger partial charge in [0.1, 0.15) is 0 Å².